The van der Waals surface area contributed by atoms with E-state index in [0.29, 0.717) is 19.3 Å². The van der Waals surface area contributed by atoms with E-state index < -0.39 is 6.10 Å². The van der Waals surface area contributed by atoms with Gasteiger partial charge in [0.2, 0.25) is 0 Å². The molecule has 0 spiro atoms. The Morgan fingerprint density at radius 3 is 0.806 bits per heavy atom. The van der Waals surface area contributed by atoms with Crippen LogP contribution in [-0.2, 0) is 28.6 Å². The maximum Gasteiger partial charge on any atom is 0.306 e. The quantitative estimate of drug-likeness (QED) is 0.0261. The largest absolute Gasteiger partial charge is 0.462 e. The molecule has 0 heterocycles. The molecule has 0 amide bonds. The van der Waals surface area contributed by atoms with Crippen molar-refractivity contribution in [2.24, 2.45) is 0 Å². The molecule has 1 atom stereocenters. The van der Waals surface area contributed by atoms with E-state index in [4.69, 9.17) is 14.2 Å². The van der Waals surface area contributed by atoms with E-state index in [1.54, 1.807) is 0 Å². The van der Waals surface area contributed by atoms with Crippen molar-refractivity contribution in [3.63, 3.8) is 0 Å². The minimum absolute atomic E-state index is 0.0729. The number of rotatable bonds is 59. The van der Waals surface area contributed by atoms with Crippen molar-refractivity contribution < 1.29 is 28.6 Å². The highest BCUT2D eigenvalue weighted by Gasteiger charge is 2.19. The first-order valence-electron chi connectivity index (χ1n) is 32.0. The molecule has 0 rings (SSSR count). The van der Waals surface area contributed by atoms with Gasteiger partial charge in [0.05, 0.1) is 0 Å². The molecule has 0 saturated heterocycles. The molecular formula is C66H122O6. The van der Waals surface area contributed by atoms with Crippen LogP contribution < -0.4 is 0 Å². The van der Waals surface area contributed by atoms with Gasteiger partial charge in [0.15, 0.2) is 6.10 Å². The molecule has 422 valence electrons. The van der Waals surface area contributed by atoms with Gasteiger partial charge in [-0.1, -0.05) is 288 Å². The fourth-order valence-corrected chi connectivity index (χ4v) is 9.53. The number of allylic oxidation sites excluding steroid dienone is 6. The number of carbonyl (C=O) groups is 3. The zero-order valence-corrected chi connectivity index (χ0v) is 48.5. The predicted octanol–water partition coefficient (Wildman–Crippen LogP) is 21.6. The van der Waals surface area contributed by atoms with E-state index in [1.165, 1.54) is 238 Å². The lowest BCUT2D eigenvalue weighted by molar-refractivity contribution is -0.167. The summed E-state index contributed by atoms with van der Waals surface area (Å²) in [7, 11) is 0. The maximum atomic E-state index is 12.9. The van der Waals surface area contributed by atoms with E-state index in [0.717, 1.165) is 70.6 Å². The molecular weight excluding hydrogens is 889 g/mol. The van der Waals surface area contributed by atoms with Crippen molar-refractivity contribution >= 4 is 17.9 Å². The molecule has 0 fully saturated rings. The summed E-state index contributed by atoms with van der Waals surface area (Å²) in [4.78, 5) is 38.3. The highest BCUT2D eigenvalue weighted by molar-refractivity contribution is 5.71. The summed E-state index contributed by atoms with van der Waals surface area (Å²) >= 11 is 0. The van der Waals surface area contributed by atoms with E-state index in [-0.39, 0.29) is 31.1 Å². The van der Waals surface area contributed by atoms with Crippen LogP contribution in [-0.4, -0.2) is 37.2 Å². The Balaban J connectivity index is 4.34. The molecule has 0 aliphatic carbocycles. The van der Waals surface area contributed by atoms with Crippen molar-refractivity contribution in [2.75, 3.05) is 13.2 Å². The Morgan fingerprint density at radius 1 is 0.278 bits per heavy atom. The predicted molar refractivity (Wildman–Crippen MR) is 312 cm³/mol. The first kappa shape index (κ1) is 69.6. The zero-order valence-electron chi connectivity index (χ0n) is 48.5. The second-order valence-electron chi connectivity index (χ2n) is 21.7. The second kappa shape index (κ2) is 61.2. The normalized spacial score (nSPS) is 12.2. The Labute approximate surface area is 448 Å². The van der Waals surface area contributed by atoms with Crippen LogP contribution in [0.25, 0.3) is 0 Å². The third kappa shape index (κ3) is 58.5. The van der Waals surface area contributed by atoms with Crippen molar-refractivity contribution in [2.45, 2.75) is 354 Å². The lowest BCUT2D eigenvalue weighted by Crippen LogP contribution is -2.30. The topological polar surface area (TPSA) is 78.9 Å². The molecule has 0 aliphatic heterocycles. The number of hydrogen-bond acceptors (Lipinski definition) is 6. The fourth-order valence-electron chi connectivity index (χ4n) is 9.53. The molecule has 0 aliphatic rings. The summed E-state index contributed by atoms with van der Waals surface area (Å²) in [6.45, 7) is 6.67. The van der Waals surface area contributed by atoms with Gasteiger partial charge >= 0.3 is 17.9 Å². The summed E-state index contributed by atoms with van der Waals surface area (Å²) in [5, 5.41) is 0. The summed E-state index contributed by atoms with van der Waals surface area (Å²) in [5.74, 6) is -0.860. The van der Waals surface area contributed by atoms with Crippen LogP contribution in [0.4, 0.5) is 0 Å². The minimum Gasteiger partial charge on any atom is -0.462 e. The highest BCUT2D eigenvalue weighted by Crippen LogP contribution is 2.17. The lowest BCUT2D eigenvalue weighted by atomic mass is 10.0. The monoisotopic (exact) mass is 1010 g/mol. The molecule has 6 heteroatoms. The molecule has 0 aromatic heterocycles. The molecule has 0 radical (unpaired) electrons. The third-order valence-corrected chi connectivity index (χ3v) is 14.4. The summed E-state index contributed by atoms with van der Waals surface area (Å²) < 4.78 is 16.9. The van der Waals surface area contributed by atoms with Crippen LogP contribution >= 0.6 is 0 Å². The molecule has 0 saturated carbocycles. The number of carbonyl (C=O) groups excluding carboxylic acids is 3. The lowest BCUT2D eigenvalue weighted by Gasteiger charge is -2.18. The number of esters is 3. The van der Waals surface area contributed by atoms with Crippen molar-refractivity contribution in [1.82, 2.24) is 0 Å². The average Bonchev–Trinajstić information content (AvgIpc) is 3.38. The van der Waals surface area contributed by atoms with Gasteiger partial charge in [0.1, 0.15) is 13.2 Å². The molecule has 0 aromatic rings. The van der Waals surface area contributed by atoms with Crippen molar-refractivity contribution in [3.05, 3.63) is 36.5 Å². The molecule has 0 bridgehead atoms. The second-order valence-corrected chi connectivity index (χ2v) is 21.7. The van der Waals surface area contributed by atoms with Crippen LogP contribution in [0.5, 0.6) is 0 Å². The summed E-state index contributed by atoms with van der Waals surface area (Å²) in [5.41, 5.74) is 0. The molecule has 0 unspecified atom stereocenters. The number of hydrogen-bond donors (Lipinski definition) is 0. The van der Waals surface area contributed by atoms with Crippen molar-refractivity contribution in [1.29, 1.82) is 0 Å². The van der Waals surface area contributed by atoms with Gasteiger partial charge in [0.25, 0.3) is 0 Å². The standard InChI is InChI=1S/C66H122O6/c1-4-7-10-13-16-19-22-25-28-31-33-36-38-41-44-47-50-53-56-59-65(68)71-62-63(61-70-64(67)58-55-52-49-46-43-40-37-34-30-27-24-21-18-15-12-9-6-3)72-66(69)60-57-54-51-48-45-42-39-35-32-29-26-23-20-17-14-11-8-5-2/h18,21,27,30-31,33,63H,4-17,19-20,22-26,28-29,32,34-62H2,1-3H3/b21-18-,30-27-,33-31-/t63-/m1/s1. The van der Waals surface area contributed by atoms with Crippen LogP contribution in [0, 0.1) is 0 Å². The highest BCUT2D eigenvalue weighted by atomic mass is 16.6. The van der Waals surface area contributed by atoms with Gasteiger partial charge in [-0.15, -0.1) is 0 Å². The molecule has 72 heavy (non-hydrogen) atoms. The summed E-state index contributed by atoms with van der Waals surface area (Å²) in [6, 6.07) is 0. The van der Waals surface area contributed by atoms with Gasteiger partial charge in [-0.25, -0.2) is 0 Å². The Morgan fingerprint density at radius 2 is 0.500 bits per heavy atom. The Kier molecular flexibility index (Phi) is 59.2. The molecule has 0 aromatic carbocycles. The summed E-state index contributed by atoms with van der Waals surface area (Å²) in [6.07, 6.45) is 74.3. The van der Waals surface area contributed by atoms with E-state index in [1.807, 2.05) is 0 Å². The van der Waals surface area contributed by atoms with Crippen LogP contribution in [0.15, 0.2) is 36.5 Å². The van der Waals surface area contributed by atoms with Gasteiger partial charge in [0, 0.05) is 19.3 Å². The third-order valence-electron chi connectivity index (χ3n) is 14.4. The van der Waals surface area contributed by atoms with Gasteiger partial charge in [-0.2, -0.15) is 0 Å². The first-order valence-corrected chi connectivity index (χ1v) is 32.0. The molecule has 6 nitrogen and oxygen atoms in total. The van der Waals surface area contributed by atoms with Gasteiger partial charge < -0.3 is 14.2 Å². The van der Waals surface area contributed by atoms with Crippen LogP contribution in [0.1, 0.15) is 348 Å². The van der Waals surface area contributed by atoms with Crippen molar-refractivity contribution in [3.8, 4) is 0 Å². The number of ether oxygens (including phenoxy) is 3. The van der Waals surface area contributed by atoms with E-state index >= 15 is 0 Å². The van der Waals surface area contributed by atoms with E-state index in [2.05, 4.69) is 57.2 Å². The zero-order chi connectivity index (χ0) is 52.2. The fraction of sp³-hybridized carbons (Fsp3) is 0.864. The minimum atomic E-state index is -0.775. The van der Waals surface area contributed by atoms with E-state index in [9.17, 15) is 14.4 Å². The number of unbranched alkanes of at least 4 members (excludes halogenated alkanes) is 42. The Hall–Kier alpha value is -2.37. The smallest absolute Gasteiger partial charge is 0.306 e. The molecule has 0 N–H and O–H groups in total. The van der Waals surface area contributed by atoms with Gasteiger partial charge in [-0.3, -0.25) is 14.4 Å². The van der Waals surface area contributed by atoms with Gasteiger partial charge in [-0.05, 0) is 77.0 Å². The average molecular weight is 1010 g/mol. The van der Waals surface area contributed by atoms with Crippen LogP contribution in [0.2, 0.25) is 0 Å². The Bertz CT molecular complexity index is 1210. The first-order chi connectivity index (χ1) is 35.5. The SMILES string of the molecule is CCCCC/C=C\C/C=C\CCCCCCCCCC(=O)OC[C@H](COC(=O)CCCCCCCCC/C=C\CCCCCCCCCC)OC(=O)CCCCCCCCCCCCCCCCCCCC. The van der Waals surface area contributed by atoms with Crippen LogP contribution in [0.3, 0.4) is 0 Å². The maximum absolute atomic E-state index is 12.9.